The Morgan fingerprint density at radius 2 is 1.44 bits per heavy atom. The lowest BCUT2D eigenvalue weighted by molar-refractivity contribution is 0.870. The van der Waals surface area contributed by atoms with Crippen LogP contribution in [0.4, 0.5) is 0 Å². The minimum atomic E-state index is 0.0521. The van der Waals surface area contributed by atoms with Gasteiger partial charge in [0.15, 0.2) is 0 Å². The molecule has 52 valence electrons. The van der Waals surface area contributed by atoms with E-state index in [9.17, 15) is 0 Å². The number of nitrogens with two attached hydrogens (primary N) is 2. The lowest BCUT2D eigenvalue weighted by Gasteiger charge is -1.99. The van der Waals surface area contributed by atoms with Crippen molar-refractivity contribution < 1.29 is 0 Å². The minimum Gasteiger partial charge on any atom is -0.387 e. The smallest absolute Gasteiger partial charge is 0.105 e. The Hall–Kier alpha value is -1.10. The maximum absolute atomic E-state index is 6.74. The predicted octanol–water partition coefficient (Wildman–Crippen LogP) is -1.55. The Morgan fingerprint density at radius 1 is 1.11 bits per heavy atom. The van der Waals surface area contributed by atoms with Gasteiger partial charge in [0, 0.05) is 0 Å². The van der Waals surface area contributed by atoms with Crippen molar-refractivity contribution >= 4 is 11.7 Å². The Labute approximate surface area is 53.4 Å². The van der Waals surface area contributed by atoms with E-state index >= 15 is 0 Å². The highest BCUT2D eigenvalue weighted by molar-refractivity contribution is 5.81. The van der Waals surface area contributed by atoms with Gasteiger partial charge in [-0.15, -0.1) is 0 Å². The van der Waals surface area contributed by atoms with Crippen molar-refractivity contribution in [2.75, 3.05) is 13.1 Å². The maximum atomic E-state index is 6.74. The van der Waals surface area contributed by atoms with Gasteiger partial charge in [0.05, 0.1) is 13.1 Å². The van der Waals surface area contributed by atoms with Crippen LogP contribution in [0, 0.1) is 10.8 Å². The standard InChI is InChI=1S/C4H11N5/c5-3(6)1-9-2-4(7)8/h9H,1-2H2,(H3,5,6)(H3,7,8). The van der Waals surface area contributed by atoms with Crippen molar-refractivity contribution in [2.45, 2.75) is 0 Å². The van der Waals surface area contributed by atoms with Gasteiger partial charge in [0.25, 0.3) is 0 Å². The second-order valence-electron chi connectivity index (χ2n) is 1.65. The van der Waals surface area contributed by atoms with Gasteiger partial charge >= 0.3 is 0 Å². The van der Waals surface area contributed by atoms with Crippen LogP contribution in [0.3, 0.4) is 0 Å². The largest absolute Gasteiger partial charge is 0.387 e. The molecule has 0 aliphatic rings. The van der Waals surface area contributed by atoms with Crippen LogP contribution in [0.5, 0.6) is 0 Å². The molecule has 0 fully saturated rings. The summed E-state index contributed by atoms with van der Waals surface area (Å²) in [6.07, 6.45) is 0. The summed E-state index contributed by atoms with van der Waals surface area (Å²) in [5.41, 5.74) is 9.98. The first-order valence-electron chi connectivity index (χ1n) is 2.49. The fraction of sp³-hybridized carbons (Fsp3) is 0.500. The summed E-state index contributed by atoms with van der Waals surface area (Å²) in [6, 6.07) is 0. The molecule has 7 N–H and O–H groups in total. The fourth-order valence-electron chi connectivity index (χ4n) is 0.332. The normalized spacial score (nSPS) is 8.89. The quantitative estimate of drug-likeness (QED) is 0.234. The monoisotopic (exact) mass is 129 g/mol. The van der Waals surface area contributed by atoms with Gasteiger partial charge < -0.3 is 16.8 Å². The Balaban J connectivity index is 3.10. The first-order chi connectivity index (χ1) is 4.13. The van der Waals surface area contributed by atoms with Gasteiger partial charge in [-0.2, -0.15) is 0 Å². The van der Waals surface area contributed by atoms with E-state index < -0.39 is 0 Å². The van der Waals surface area contributed by atoms with Crippen LogP contribution < -0.4 is 16.8 Å². The summed E-state index contributed by atoms with van der Waals surface area (Å²) in [6.45, 7) is 0.582. The van der Waals surface area contributed by atoms with Crippen molar-refractivity contribution in [1.29, 1.82) is 10.8 Å². The zero-order valence-corrected chi connectivity index (χ0v) is 5.07. The van der Waals surface area contributed by atoms with Crippen LogP contribution in [0.2, 0.25) is 0 Å². The SMILES string of the molecule is N=C(N)CNCC(=N)N. The lowest BCUT2D eigenvalue weighted by atomic mass is 10.5. The summed E-state index contributed by atoms with van der Waals surface area (Å²) >= 11 is 0. The van der Waals surface area contributed by atoms with Crippen molar-refractivity contribution in [2.24, 2.45) is 11.5 Å². The molecule has 0 heterocycles. The van der Waals surface area contributed by atoms with Crippen molar-refractivity contribution in [3.05, 3.63) is 0 Å². The van der Waals surface area contributed by atoms with Crippen molar-refractivity contribution in [1.82, 2.24) is 5.32 Å². The first kappa shape index (κ1) is 7.90. The third-order valence-corrected chi connectivity index (χ3v) is 0.631. The van der Waals surface area contributed by atoms with Crippen molar-refractivity contribution in [3.8, 4) is 0 Å². The molecule has 0 atom stereocenters. The van der Waals surface area contributed by atoms with E-state index in [1.165, 1.54) is 0 Å². The van der Waals surface area contributed by atoms with Gasteiger partial charge in [-0.3, -0.25) is 10.8 Å². The average Bonchev–Trinajstić information content (AvgIpc) is 1.63. The van der Waals surface area contributed by atoms with Gasteiger partial charge in [-0.1, -0.05) is 0 Å². The summed E-state index contributed by atoms with van der Waals surface area (Å²) in [5, 5.41) is 16.2. The van der Waals surface area contributed by atoms with Crippen LogP contribution in [0.1, 0.15) is 0 Å². The van der Waals surface area contributed by atoms with E-state index in [-0.39, 0.29) is 11.7 Å². The third kappa shape index (κ3) is 6.90. The summed E-state index contributed by atoms with van der Waals surface area (Å²) < 4.78 is 0. The van der Waals surface area contributed by atoms with Gasteiger partial charge in [-0.25, -0.2) is 0 Å². The lowest BCUT2D eigenvalue weighted by Crippen LogP contribution is -2.34. The zero-order chi connectivity index (χ0) is 7.28. The van der Waals surface area contributed by atoms with Crippen molar-refractivity contribution in [3.63, 3.8) is 0 Å². The third-order valence-electron chi connectivity index (χ3n) is 0.631. The fourth-order valence-corrected chi connectivity index (χ4v) is 0.332. The molecule has 5 heteroatoms. The average molecular weight is 129 g/mol. The van der Waals surface area contributed by atoms with E-state index in [4.69, 9.17) is 22.3 Å². The Bertz CT molecular complexity index is 104. The van der Waals surface area contributed by atoms with E-state index in [2.05, 4.69) is 5.32 Å². The summed E-state index contributed by atoms with van der Waals surface area (Å²) in [4.78, 5) is 0. The molecule has 0 radical (unpaired) electrons. The highest BCUT2D eigenvalue weighted by atomic mass is 14.9. The molecule has 0 bridgehead atoms. The number of hydrogen-bond acceptors (Lipinski definition) is 3. The molecule has 0 aliphatic carbocycles. The molecule has 0 spiro atoms. The minimum absolute atomic E-state index is 0.0521. The molecule has 0 saturated heterocycles. The second-order valence-corrected chi connectivity index (χ2v) is 1.65. The van der Waals surface area contributed by atoms with Crippen LogP contribution in [-0.4, -0.2) is 24.8 Å². The summed E-state index contributed by atoms with van der Waals surface area (Å²) in [7, 11) is 0. The summed E-state index contributed by atoms with van der Waals surface area (Å²) in [5.74, 6) is 0.104. The number of nitrogens with one attached hydrogen (secondary N) is 3. The van der Waals surface area contributed by atoms with E-state index in [1.54, 1.807) is 0 Å². The molecule has 0 aliphatic heterocycles. The Morgan fingerprint density at radius 3 is 1.67 bits per heavy atom. The molecule has 0 saturated carbocycles. The van der Waals surface area contributed by atoms with Gasteiger partial charge in [0.1, 0.15) is 11.7 Å². The molecule has 0 rings (SSSR count). The van der Waals surface area contributed by atoms with E-state index in [0.717, 1.165) is 0 Å². The topological polar surface area (TPSA) is 112 Å². The van der Waals surface area contributed by atoms with Crippen LogP contribution in [-0.2, 0) is 0 Å². The number of amidine groups is 2. The first-order valence-corrected chi connectivity index (χ1v) is 2.49. The molecule has 5 nitrogen and oxygen atoms in total. The molecule has 0 aromatic heterocycles. The molecule has 0 unspecified atom stereocenters. The van der Waals surface area contributed by atoms with E-state index in [1.807, 2.05) is 0 Å². The molecule has 0 aromatic carbocycles. The molecule has 0 aromatic rings. The Kier molecular flexibility index (Phi) is 3.38. The molecule has 0 amide bonds. The van der Waals surface area contributed by atoms with Crippen LogP contribution in [0.15, 0.2) is 0 Å². The predicted molar refractivity (Wildman–Crippen MR) is 36.7 cm³/mol. The maximum Gasteiger partial charge on any atom is 0.105 e. The molecular weight excluding hydrogens is 118 g/mol. The number of hydrogen-bond donors (Lipinski definition) is 5. The van der Waals surface area contributed by atoms with Crippen LogP contribution in [0.25, 0.3) is 0 Å². The number of rotatable bonds is 4. The van der Waals surface area contributed by atoms with Gasteiger partial charge in [0.2, 0.25) is 0 Å². The van der Waals surface area contributed by atoms with Gasteiger partial charge in [-0.05, 0) is 0 Å². The zero-order valence-electron chi connectivity index (χ0n) is 5.07. The van der Waals surface area contributed by atoms with Crippen LogP contribution >= 0.6 is 0 Å². The highest BCUT2D eigenvalue weighted by Gasteiger charge is 1.88. The molecule has 9 heavy (non-hydrogen) atoms. The molecular formula is C4H11N5. The highest BCUT2D eigenvalue weighted by Crippen LogP contribution is 1.57. The van der Waals surface area contributed by atoms with E-state index in [0.29, 0.717) is 13.1 Å². The second kappa shape index (κ2) is 3.85.